The molecule has 21 heavy (non-hydrogen) atoms. The largest absolute Gasteiger partial charge is 0.452 e. The minimum Gasteiger partial charge on any atom is -0.452 e. The Balaban J connectivity index is 1.89. The van der Waals surface area contributed by atoms with E-state index >= 15 is 0 Å². The van der Waals surface area contributed by atoms with Crippen LogP contribution in [-0.2, 0) is 11.2 Å². The predicted octanol–water partition coefficient (Wildman–Crippen LogP) is 3.21. The van der Waals surface area contributed by atoms with Gasteiger partial charge in [-0.25, -0.2) is 4.39 Å². The SMILES string of the molecule is O=C1CCc2cc(F)c(NC(=O)c3ccoc3Cl)cc2N1. The molecule has 7 heteroatoms. The predicted molar refractivity (Wildman–Crippen MR) is 75.0 cm³/mol. The maximum Gasteiger partial charge on any atom is 0.260 e. The summed E-state index contributed by atoms with van der Waals surface area (Å²) in [6.07, 6.45) is 2.06. The van der Waals surface area contributed by atoms with Crippen molar-refractivity contribution in [1.29, 1.82) is 0 Å². The van der Waals surface area contributed by atoms with Crippen molar-refractivity contribution in [2.75, 3.05) is 10.6 Å². The lowest BCUT2D eigenvalue weighted by Crippen LogP contribution is -2.20. The third-order valence-electron chi connectivity index (χ3n) is 3.20. The van der Waals surface area contributed by atoms with E-state index in [0.717, 1.165) is 0 Å². The summed E-state index contributed by atoms with van der Waals surface area (Å²) < 4.78 is 18.8. The molecule has 2 N–H and O–H groups in total. The van der Waals surface area contributed by atoms with Crippen LogP contribution in [0.3, 0.4) is 0 Å². The van der Waals surface area contributed by atoms with Crippen molar-refractivity contribution in [2.45, 2.75) is 12.8 Å². The molecule has 2 heterocycles. The Morgan fingerprint density at radius 1 is 1.38 bits per heavy atom. The smallest absolute Gasteiger partial charge is 0.260 e. The van der Waals surface area contributed by atoms with Gasteiger partial charge in [-0.1, -0.05) is 0 Å². The van der Waals surface area contributed by atoms with Gasteiger partial charge in [0.1, 0.15) is 5.82 Å². The maximum atomic E-state index is 14.0. The Hall–Kier alpha value is -2.34. The van der Waals surface area contributed by atoms with Crippen molar-refractivity contribution in [3.05, 3.63) is 46.6 Å². The summed E-state index contributed by atoms with van der Waals surface area (Å²) in [5.41, 5.74) is 1.28. The Bertz CT molecular complexity index is 742. The first-order chi connectivity index (χ1) is 10.0. The summed E-state index contributed by atoms with van der Waals surface area (Å²) in [5.74, 6) is -1.29. The van der Waals surface area contributed by atoms with Crippen molar-refractivity contribution < 1.29 is 18.4 Å². The Morgan fingerprint density at radius 2 is 2.19 bits per heavy atom. The highest BCUT2D eigenvalue weighted by molar-refractivity contribution is 6.32. The van der Waals surface area contributed by atoms with Gasteiger partial charge in [-0.2, -0.15) is 0 Å². The summed E-state index contributed by atoms with van der Waals surface area (Å²) in [6, 6.07) is 4.09. The van der Waals surface area contributed by atoms with E-state index in [2.05, 4.69) is 10.6 Å². The summed E-state index contributed by atoms with van der Waals surface area (Å²) in [4.78, 5) is 23.3. The first-order valence-electron chi connectivity index (χ1n) is 6.21. The van der Waals surface area contributed by atoms with Gasteiger partial charge >= 0.3 is 0 Å². The van der Waals surface area contributed by atoms with Gasteiger partial charge in [-0.05, 0) is 41.8 Å². The minimum absolute atomic E-state index is 0.0294. The normalized spacial score (nSPS) is 13.5. The molecular formula is C14H10ClFN2O3. The number of furan rings is 1. The monoisotopic (exact) mass is 308 g/mol. The van der Waals surface area contributed by atoms with Crippen LogP contribution in [0, 0.1) is 5.82 Å². The molecule has 0 radical (unpaired) electrons. The Labute approximate surface area is 124 Å². The molecule has 2 aromatic rings. The van der Waals surface area contributed by atoms with Crippen molar-refractivity contribution in [3.8, 4) is 0 Å². The molecule has 1 aromatic carbocycles. The standard InChI is InChI=1S/C14H10ClFN2O3/c15-13-8(3-4-21-13)14(20)18-11-6-10-7(5-9(11)16)1-2-12(19)17-10/h3-6H,1-2H2,(H,17,19)(H,18,20). The maximum absolute atomic E-state index is 14.0. The fourth-order valence-corrected chi connectivity index (χ4v) is 2.34. The molecule has 0 fully saturated rings. The zero-order valence-corrected chi connectivity index (χ0v) is 11.5. The highest BCUT2D eigenvalue weighted by Crippen LogP contribution is 2.29. The summed E-state index contributed by atoms with van der Waals surface area (Å²) in [7, 11) is 0. The number of rotatable bonds is 2. The van der Waals surface area contributed by atoms with Gasteiger partial charge in [0.15, 0.2) is 0 Å². The van der Waals surface area contributed by atoms with E-state index in [1.54, 1.807) is 0 Å². The fourth-order valence-electron chi connectivity index (χ4n) is 2.14. The van der Waals surface area contributed by atoms with E-state index in [1.807, 2.05) is 0 Å². The number of anilines is 2. The molecule has 0 aliphatic carbocycles. The van der Waals surface area contributed by atoms with Crippen molar-refractivity contribution in [3.63, 3.8) is 0 Å². The fraction of sp³-hybridized carbons (Fsp3) is 0.143. The third-order valence-corrected chi connectivity index (χ3v) is 3.49. The number of carbonyl (C=O) groups excluding carboxylic acids is 2. The van der Waals surface area contributed by atoms with E-state index in [9.17, 15) is 14.0 Å². The number of fused-ring (bicyclic) bond motifs is 1. The van der Waals surface area contributed by atoms with E-state index < -0.39 is 11.7 Å². The second-order valence-corrected chi connectivity index (χ2v) is 4.94. The van der Waals surface area contributed by atoms with Gasteiger partial charge in [-0.3, -0.25) is 9.59 Å². The van der Waals surface area contributed by atoms with Gasteiger partial charge in [0, 0.05) is 12.1 Å². The second-order valence-electron chi connectivity index (χ2n) is 4.60. The minimum atomic E-state index is -0.588. The first-order valence-corrected chi connectivity index (χ1v) is 6.59. The zero-order chi connectivity index (χ0) is 15.0. The lowest BCUT2D eigenvalue weighted by Gasteiger charge is -2.18. The number of hydrogen-bond donors (Lipinski definition) is 2. The Kier molecular flexibility index (Phi) is 3.39. The number of benzene rings is 1. The quantitative estimate of drug-likeness (QED) is 0.895. The van der Waals surface area contributed by atoms with Crippen LogP contribution in [-0.4, -0.2) is 11.8 Å². The molecule has 3 rings (SSSR count). The van der Waals surface area contributed by atoms with Crippen LogP contribution in [0.15, 0.2) is 28.9 Å². The summed E-state index contributed by atoms with van der Waals surface area (Å²) >= 11 is 5.70. The van der Waals surface area contributed by atoms with Crippen molar-refractivity contribution in [2.24, 2.45) is 0 Å². The number of amides is 2. The Morgan fingerprint density at radius 3 is 2.90 bits per heavy atom. The molecule has 2 amide bonds. The number of hydrogen-bond acceptors (Lipinski definition) is 3. The molecule has 1 aromatic heterocycles. The van der Waals surface area contributed by atoms with Gasteiger partial charge in [0.25, 0.3) is 5.91 Å². The average molecular weight is 309 g/mol. The van der Waals surface area contributed by atoms with Crippen LogP contribution < -0.4 is 10.6 Å². The first kappa shape index (κ1) is 13.6. The second kappa shape index (κ2) is 5.21. The number of nitrogens with one attached hydrogen (secondary N) is 2. The molecule has 0 saturated carbocycles. The highest BCUT2D eigenvalue weighted by Gasteiger charge is 2.20. The molecule has 5 nitrogen and oxygen atoms in total. The average Bonchev–Trinajstić information content (AvgIpc) is 2.86. The van der Waals surface area contributed by atoms with Crippen LogP contribution in [0.2, 0.25) is 5.22 Å². The van der Waals surface area contributed by atoms with E-state index in [0.29, 0.717) is 24.1 Å². The molecule has 1 aliphatic rings. The van der Waals surface area contributed by atoms with Crippen molar-refractivity contribution in [1.82, 2.24) is 0 Å². The highest BCUT2D eigenvalue weighted by atomic mass is 35.5. The summed E-state index contributed by atoms with van der Waals surface area (Å²) in [6.45, 7) is 0. The van der Waals surface area contributed by atoms with Gasteiger partial charge in [0.05, 0.1) is 17.5 Å². The van der Waals surface area contributed by atoms with Gasteiger partial charge in [-0.15, -0.1) is 0 Å². The molecule has 0 bridgehead atoms. The molecular weight excluding hydrogens is 299 g/mol. The van der Waals surface area contributed by atoms with Crippen LogP contribution >= 0.6 is 11.6 Å². The number of halogens is 2. The topological polar surface area (TPSA) is 71.3 Å². The van der Waals surface area contributed by atoms with E-state index in [1.165, 1.54) is 24.5 Å². The molecule has 108 valence electrons. The van der Waals surface area contributed by atoms with Crippen LogP contribution in [0.1, 0.15) is 22.3 Å². The van der Waals surface area contributed by atoms with Crippen molar-refractivity contribution >= 4 is 34.8 Å². The summed E-state index contributed by atoms with van der Waals surface area (Å²) in [5, 5.41) is 4.98. The molecule has 0 saturated heterocycles. The molecule has 0 spiro atoms. The van der Waals surface area contributed by atoms with Crippen LogP contribution in [0.4, 0.5) is 15.8 Å². The lowest BCUT2D eigenvalue weighted by atomic mass is 10.0. The van der Waals surface area contributed by atoms with Gasteiger partial charge < -0.3 is 15.1 Å². The van der Waals surface area contributed by atoms with Crippen LogP contribution in [0.25, 0.3) is 0 Å². The third kappa shape index (κ3) is 2.62. The van der Waals surface area contributed by atoms with E-state index in [4.69, 9.17) is 16.0 Å². The van der Waals surface area contributed by atoms with Crippen LogP contribution in [0.5, 0.6) is 0 Å². The lowest BCUT2D eigenvalue weighted by molar-refractivity contribution is -0.116. The molecule has 1 aliphatic heterocycles. The number of aryl methyl sites for hydroxylation is 1. The molecule has 0 unspecified atom stereocenters. The van der Waals surface area contributed by atoms with E-state index in [-0.39, 0.29) is 22.4 Å². The molecule has 0 atom stereocenters. The van der Waals surface area contributed by atoms with Gasteiger partial charge in [0.2, 0.25) is 11.1 Å². The number of carbonyl (C=O) groups is 2. The zero-order valence-electron chi connectivity index (χ0n) is 10.7.